The molecule has 28 heavy (non-hydrogen) atoms. The quantitative estimate of drug-likeness (QED) is 0.552. The van der Waals surface area contributed by atoms with Crippen LogP contribution in [-0.4, -0.2) is 50.1 Å². The van der Waals surface area contributed by atoms with Gasteiger partial charge in [-0.05, 0) is 50.5 Å². The van der Waals surface area contributed by atoms with E-state index in [2.05, 4.69) is 4.98 Å². The highest BCUT2D eigenvalue weighted by atomic mass is 35.5. The van der Waals surface area contributed by atoms with Crippen LogP contribution in [0.1, 0.15) is 10.4 Å². The second-order valence-corrected chi connectivity index (χ2v) is 7.63. The van der Waals surface area contributed by atoms with E-state index in [0.717, 1.165) is 22.0 Å². The highest BCUT2D eigenvalue weighted by Crippen LogP contribution is 2.32. The third-order valence-electron chi connectivity index (χ3n) is 3.99. The van der Waals surface area contributed by atoms with Gasteiger partial charge in [-0.1, -0.05) is 22.9 Å². The Morgan fingerprint density at radius 2 is 1.96 bits per heavy atom. The van der Waals surface area contributed by atoms with Gasteiger partial charge in [0.25, 0.3) is 5.91 Å². The molecule has 0 bridgehead atoms. The van der Waals surface area contributed by atoms with Gasteiger partial charge in [0.15, 0.2) is 5.13 Å². The van der Waals surface area contributed by atoms with E-state index in [1.807, 2.05) is 37.2 Å². The standard InChI is InChI=1S/C19H19ClFN3O2S.ClH/c1-23(2)8-9-24(18(25)14-6-4-12(21)10-15(14)20)19-22-16-7-5-13(26-3)11-17(16)27-19;/h4-7,10-11H,8-9H2,1-3H3;1H. The number of ether oxygens (including phenoxy) is 1. The molecule has 1 heterocycles. The molecule has 0 N–H and O–H groups in total. The first-order valence-corrected chi connectivity index (χ1v) is 9.44. The van der Waals surface area contributed by atoms with Gasteiger partial charge in [-0.25, -0.2) is 9.37 Å². The van der Waals surface area contributed by atoms with Gasteiger partial charge in [-0.3, -0.25) is 9.69 Å². The predicted molar refractivity (Wildman–Crippen MR) is 115 cm³/mol. The van der Waals surface area contributed by atoms with Crippen molar-refractivity contribution in [2.45, 2.75) is 0 Å². The van der Waals surface area contributed by atoms with E-state index in [-0.39, 0.29) is 28.9 Å². The van der Waals surface area contributed by atoms with Gasteiger partial charge in [0.2, 0.25) is 0 Å². The number of amides is 1. The SMILES string of the molecule is COc1ccc2nc(N(CCN(C)C)C(=O)c3ccc(F)cc3Cl)sc2c1.Cl. The van der Waals surface area contributed by atoms with Gasteiger partial charge in [-0.15, -0.1) is 12.4 Å². The Hall–Kier alpha value is -1.93. The number of rotatable bonds is 6. The van der Waals surface area contributed by atoms with Crippen molar-refractivity contribution in [1.82, 2.24) is 9.88 Å². The van der Waals surface area contributed by atoms with Crippen molar-refractivity contribution in [3.05, 3.63) is 52.8 Å². The fourth-order valence-corrected chi connectivity index (χ4v) is 3.79. The molecular weight excluding hydrogens is 424 g/mol. The number of thiazole rings is 1. The van der Waals surface area contributed by atoms with Crippen LogP contribution in [-0.2, 0) is 0 Å². The molecule has 0 unspecified atom stereocenters. The number of likely N-dealkylation sites (N-methyl/N-ethyl adjacent to an activating group) is 1. The molecule has 150 valence electrons. The van der Waals surface area contributed by atoms with E-state index in [0.29, 0.717) is 18.2 Å². The molecule has 0 saturated carbocycles. The Kier molecular flexibility index (Phi) is 7.60. The number of anilines is 1. The fourth-order valence-electron chi connectivity index (χ4n) is 2.53. The molecule has 0 aliphatic rings. The molecule has 2 aromatic carbocycles. The lowest BCUT2D eigenvalue weighted by molar-refractivity contribution is 0.0985. The number of benzene rings is 2. The number of hydrogen-bond donors (Lipinski definition) is 0. The first-order chi connectivity index (χ1) is 12.9. The predicted octanol–water partition coefficient (Wildman–Crippen LogP) is 4.73. The first-order valence-electron chi connectivity index (χ1n) is 8.25. The van der Waals surface area contributed by atoms with Crippen LogP contribution in [0.5, 0.6) is 5.75 Å². The maximum Gasteiger partial charge on any atom is 0.261 e. The third kappa shape index (κ3) is 4.91. The Labute approximate surface area is 178 Å². The normalized spacial score (nSPS) is 10.8. The van der Waals surface area contributed by atoms with Crippen LogP contribution in [0.4, 0.5) is 9.52 Å². The zero-order chi connectivity index (χ0) is 19.6. The lowest BCUT2D eigenvalue weighted by Crippen LogP contribution is -2.36. The molecule has 1 amide bonds. The summed E-state index contributed by atoms with van der Waals surface area (Å²) in [6.45, 7) is 1.07. The van der Waals surface area contributed by atoms with E-state index in [9.17, 15) is 9.18 Å². The smallest absolute Gasteiger partial charge is 0.261 e. The lowest BCUT2D eigenvalue weighted by atomic mass is 10.2. The van der Waals surface area contributed by atoms with Crippen LogP contribution in [0.25, 0.3) is 10.2 Å². The largest absolute Gasteiger partial charge is 0.497 e. The Morgan fingerprint density at radius 3 is 2.61 bits per heavy atom. The van der Waals surface area contributed by atoms with E-state index in [1.165, 1.54) is 23.5 Å². The number of carbonyl (C=O) groups is 1. The van der Waals surface area contributed by atoms with Crippen LogP contribution >= 0.6 is 35.3 Å². The van der Waals surface area contributed by atoms with Gasteiger partial charge in [0, 0.05) is 13.1 Å². The highest BCUT2D eigenvalue weighted by molar-refractivity contribution is 7.22. The van der Waals surface area contributed by atoms with Crippen molar-refractivity contribution in [1.29, 1.82) is 0 Å². The number of hydrogen-bond acceptors (Lipinski definition) is 5. The van der Waals surface area contributed by atoms with Crippen molar-refractivity contribution in [3.63, 3.8) is 0 Å². The minimum absolute atomic E-state index is 0. The first kappa shape index (κ1) is 22.4. The molecule has 3 aromatic rings. The molecule has 0 aliphatic carbocycles. The number of nitrogens with zero attached hydrogens (tertiary/aromatic N) is 3. The average Bonchev–Trinajstić information content (AvgIpc) is 3.04. The lowest BCUT2D eigenvalue weighted by Gasteiger charge is -2.22. The van der Waals surface area contributed by atoms with Crippen LogP contribution in [0, 0.1) is 5.82 Å². The van der Waals surface area contributed by atoms with Crippen molar-refractivity contribution in [2.75, 3.05) is 39.2 Å². The summed E-state index contributed by atoms with van der Waals surface area (Å²) in [6, 6.07) is 9.34. The van der Waals surface area contributed by atoms with Crippen LogP contribution in [0.3, 0.4) is 0 Å². The molecule has 5 nitrogen and oxygen atoms in total. The van der Waals surface area contributed by atoms with Gasteiger partial charge < -0.3 is 9.64 Å². The Bertz CT molecular complexity index is 981. The fraction of sp³-hybridized carbons (Fsp3) is 0.263. The van der Waals surface area contributed by atoms with E-state index >= 15 is 0 Å². The summed E-state index contributed by atoms with van der Waals surface area (Å²) in [4.78, 5) is 21.3. The van der Waals surface area contributed by atoms with Gasteiger partial charge in [0.1, 0.15) is 11.6 Å². The molecule has 0 fully saturated rings. The van der Waals surface area contributed by atoms with Crippen molar-refractivity contribution >= 4 is 56.6 Å². The second kappa shape index (κ2) is 9.52. The summed E-state index contributed by atoms with van der Waals surface area (Å²) in [5.41, 5.74) is 1.03. The van der Waals surface area contributed by atoms with Crippen molar-refractivity contribution in [2.24, 2.45) is 0 Å². The van der Waals surface area contributed by atoms with Gasteiger partial charge in [0.05, 0.1) is 27.9 Å². The van der Waals surface area contributed by atoms with Crippen LogP contribution < -0.4 is 9.64 Å². The minimum Gasteiger partial charge on any atom is -0.497 e. The summed E-state index contributed by atoms with van der Waals surface area (Å²) in [5, 5.41) is 0.642. The average molecular weight is 444 g/mol. The van der Waals surface area contributed by atoms with Crippen LogP contribution in [0.15, 0.2) is 36.4 Å². The topological polar surface area (TPSA) is 45.7 Å². The molecule has 0 radical (unpaired) electrons. The Balaban J connectivity index is 0.00000280. The van der Waals surface area contributed by atoms with Gasteiger partial charge >= 0.3 is 0 Å². The minimum atomic E-state index is -0.483. The molecule has 0 atom stereocenters. The number of carbonyl (C=O) groups excluding carboxylic acids is 1. The molecular formula is C19H20Cl2FN3O2S. The maximum atomic E-state index is 13.4. The van der Waals surface area contributed by atoms with Crippen molar-refractivity contribution < 1.29 is 13.9 Å². The van der Waals surface area contributed by atoms with E-state index in [4.69, 9.17) is 16.3 Å². The summed E-state index contributed by atoms with van der Waals surface area (Å²) >= 11 is 7.50. The highest BCUT2D eigenvalue weighted by Gasteiger charge is 2.23. The summed E-state index contributed by atoms with van der Waals surface area (Å²) < 4.78 is 19.5. The zero-order valence-corrected chi connectivity index (χ0v) is 18.0. The van der Waals surface area contributed by atoms with Gasteiger partial charge in [-0.2, -0.15) is 0 Å². The maximum absolute atomic E-state index is 13.4. The van der Waals surface area contributed by atoms with E-state index < -0.39 is 5.82 Å². The third-order valence-corrected chi connectivity index (χ3v) is 5.35. The second-order valence-electron chi connectivity index (χ2n) is 6.21. The zero-order valence-electron chi connectivity index (χ0n) is 15.6. The number of fused-ring (bicyclic) bond motifs is 1. The monoisotopic (exact) mass is 443 g/mol. The van der Waals surface area contributed by atoms with E-state index in [1.54, 1.807) is 12.0 Å². The van der Waals surface area contributed by atoms with Crippen molar-refractivity contribution in [3.8, 4) is 5.75 Å². The molecule has 9 heteroatoms. The molecule has 1 aromatic heterocycles. The summed E-state index contributed by atoms with van der Waals surface area (Å²) in [6.07, 6.45) is 0. The molecule has 0 saturated heterocycles. The molecule has 0 aliphatic heterocycles. The number of aromatic nitrogens is 1. The van der Waals surface area contributed by atoms with Crippen LogP contribution in [0.2, 0.25) is 5.02 Å². The molecule has 0 spiro atoms. The number of methoxy groups -OCH3 is 1. The Morgan fingerprint density at radius 1 is 1.21 bits per heavy atom. The summed E-state index contributed by atoms with van der Waals surface area (Å²) in [7, 11) is 5.46. The molecule has 3 rings (SSSR count). The summed E-state index contributed by atoms with van der Waals surface area (Å²) in [5.74, 6) is -0.0678. The number of halogens is 3.